The van der Waals surface area contributed by atoms with Gasteiger partial charge in [0, 0.05) is 10.9 Å². The van der Waals surface area contributed by atoms with Gasteiger partial charge >= 0.3 is 0 Å². The van der Waals surface area contributed by atoms with Crippen LogP contribution in [-0.4, -0.2) is 4.98 Å². The van der Waals surface area contributed by atoms with E-state index >= 15 is 0 Å². The molecular weight excluding hydrogens is 542 g/mol. The van der Waals surface area contributed by atoms with Crippen LogP contribution < -0.4 is 0 Å². The van der Waals surface area contributed by atoms with Gasteiger partial charge in [0.1, 0.15) is 0 Å². The predicted octanol–water partition coefficient (Wildman–Crippen LogP) is 11.7. The zero-order valence-electron chi connectivity index (χ0n) is 26.6. The predicted molar refractivity (Wildman–Crippen MR) is 190 cm³/mol. The topological polar surface area (TPSA) is 12.9 Å². The van der Waals surface area contributed by atoms with Crippen molar-refractivity contribution in [1.82, 2.24) is 4.98 Å². The van der Waals surface area contributed by atoms with Crippen molar-refractivity contribution in [3.63, 3.8) is 0 Å². The first-order valence-electron chi connectivity index (χ1n) is 17.1. The van der Waals surface area contributed by atoms with Crippen LogP contribution in [0.3, 0.4) is 0 Å². The van der Waals surface area contributed by atoms with E-state index in [1.165, 1.54) is 105 Å². The van der Waals surface area contributed by atoms with E-state index in [4.69, 9.17) is 4.98 Å². The van der Waals surface area contributed by atoms with E-state index in [-0.39, 0.29) is 5.41 Å². The average molecular weight is 584 g/mol. The second-order valence-electron chi connectivity index (χ2n) is 13.1. The summed E-state index contributed by atoms with van der Waals surface area (Å²) in [6.07, 6.45) is 9.86. The second-order valence-corrected chi connectivity index (χ2v) is 13.1. The van der Waals surface area contributed by atoms with Crippen molar-refractivity contribution in [2.45, 2.75) is 70.6 Å². The van der Waals surface area contributed by atoms with Gasteiger partial charge in [-0.3, -0.25) is 0 Å². The number of benzene rings is 5. The Morgan fingerprint density at radius 1 is 0.489 bits per heavy atom. The van der Waals surface area contributed by atoms with Crippen LogP contribution in [0.4, 0.5) is 0 Å². The molecule has 0 aliphatic heterocycles. The quantitative estimate of drug-likeness (QED) is 0.154. The van der Waals surface area contributed by atoms with Crippen LogP contribution in [0.1, 0.15) is 85.8 Å². The summed E-state index contributed by atoms with van der Waals surface area (Å²) in [7, 11) is 0. The van der Waals surface area contributed by atoms with E-state index in [1.807, 2.05) is 0 Å². The molecule has 1 nitrogen and oxygen atoms in total. The summed E-state index contributed by atoms with van der Waals surface area (Å²) in [4.78, 5) is 5.20. The highest BCUT2D eigenvalue weighted by molar-refractivity contribution is 5.96. The lowest BCUT2D eigenvalue weighted by molar-refractivity contribution is 0.667. The largest absolute Gasteiger partial charge is 0.248 e. The van der Waals surface area contributed by atoms with Gasteiger partial charge < -0.3 is 0 Å². The lowest BCUT2D eigenvalue weighted by Crippen LogP contribution is -2.25. The van der Waals surface area contributed by atoms with Crippen molar-refractivity contribution in [2.75, 3.05) is 0 Å². The molecule has 1 heterocycles. The Hall–Kier alpha value is -4.49. The van der Waals surface area contributed by atoms with Crippen molar-refractivity contribution in [1.29, 1.82) is 0 Å². The standard InChI is InChI=1S/C44H41N/c1-3-5-7-8-14-30-20-25-42-32(27-30)22-26-43(45-42)33-21-24-41-37(29-33)36-28-31(13-6-4-2)19-23-40(36)44(41)38-17-11-9-15-34(38)35-16-10-12-18-39(35)44/h9-12,15-29H,3-8,13-14H2,1-2H3. The van der Waals surface area contributed by atoms with Crippen LogP contribution in [0.2, 0.25) is 0 Å². The van der Waals surface area contributed by atoms with E-state index in [1.54, 1.807) is 0 Å². The highest BCUT2D eigenvalue weighted by Gasteiger charge is 2.51. The van der Waals surface area contributed by atoms with E-state index in [9.17, 15) is 0 Å². The molecule has 2 aliphatic carbocycles. The zero-order chi connectivity index (χ0) is 30.4. The fourth-order valence-electron chi connectivity index (χ4n) is 8.14. The maximum absolute atomic E-state index is 5.20. The van der Waals surface area contributed by atoms with Gasteiger partial charge in [-0.2, -0.15) is 0 Å². The molecule has 0 atom stereocenters. The number of hydrogen-bond acceptors (Lipinski definition) is 1. The molecule has 6 aromatic rings. The van der Waals surface area contributed by atoms with Gasteiger partial charge in [-0.1, -0.05) is 131 Å². The molecule has 0 bridgehead atoms. The van der Waals surface area contributed by atoms with Crippen LogP contribution >= 0.6 is 0 Å². The minimum Gasteiger partial charge on any atom is -0.248 e. The number of fused-ring (bicyclic) bond motifs is 11. The monoisotopic (exact) mass is 583 g/mol. The summed E-state index contributed by atoms with van der Waals surface area (Å²) in [6, 6.07) is 43.9. The third kappa shape index (κ3) is 4.47. The first-order chi connectivity index (χ1) is 22.2. The van der Waals surface area contributed by atoms with Gasteiger partial charge in [-0.25, -0.2) is 4.98 Å². The Balaban J connectivity index is 1.26. The third-order valence-electron chi connectivity index (χ3n) is 10.3. The Labute approximate surface area is 268 Å². The zero-order valence-corrected chi connectivity index (χ0v) is 26.6. The normalized spacial score (nSPS) is 13.6. The third-order valence-corrected chi connectivity index (χ3v) is 10.3. The minimum atomic E-state index is -0.302. The molecule has 0 saturated carbocycles. The maximum Gasteiger partial charge on any atom is 0.0725 e. The fraction of sp³-hybridized carbons (Fsp3) is 0.250. The molecule has 1 aromatic heterocycles. The van der Waals surface area contributed by atoms with Crippen LogP contribution in [0, 0.1) is 0 Å². The number of unbranched alkanes of at least 4 members (excludes halogenated alkanes) is 4. The fourth-order valence-corrected chi connectivity index (χ4v) is 8.14. The Bertz CT molecular complexity index is 2000. The number of aromatic nitrogens is 1. The lowest BCUT2D eigenvalue weighted by Gasteiger charge is -2.30. The molecule has 0 saturated heterocycles. The van der Waals surface area contributed by atoms with E-state index < -0.39 is 0 Å². The van der Waals surface area contributed by atoms with Gasteiger partial charge in [0.25, 0.3) is 0 Å². The first-order valence-corrected chi connectivity index (χ1v) is 17.1. The number of hydrogen-bond donors (Lipinski definition) is 0. The van der Waals surface area contributed by atoms with Crippen LogP contribution in [0.25, 0.3) is 44.4 Å². The van der Waals surface area contributed by atoms with Gasteiger partial charge in [0.05, 0.1) is 16.6 Å². The molecule has 0 amide bonds. The molecule has 1 heteroatoms. The molecule has 0 radical (unpaired) electrons. The molecule has 2 aliphatic rings. The van der Waals surface area contributed by atoms with Crippen LogP contribution in [0.15, 0.2) is 115 Å². The summed E-state index contributed by atoms with van der Waals surface area (Å²) < 4.78 is 0. The summed E-state index contributed by atoms with van der Waals surface area (Å²) in [5, 5.41) is 1.23. The SMILES string of the molecule is CCCCCCc1ccc2nc(-c3ccc4c(c3)-c3cc(CCCC)ccc3C43c4ccccc4-c4ccccc43)ccc2c1. The average Bonchev–Trinajstić information content (AvgIpc) is 3.55. The molecule has 0 fully saturated rings. The first kappa shape index (κ1) is 28.0. The smallest absolute Gasteiger partial charge is 0.0725 e. The van der Waals surface area contributed by atoms with Gasteiger partial charge in [-0.05, 0) is 106 Å². The van der Waals surface area contributed by atoms with E-state index in [0.29, 0.717) is 0 Å². The van der Waals surface area contributed by atoms with Gasteiger partial charge in [0.2, 0.25) is 0 Å². The Morgan fingerprint density at radius 2 is 1.11 bits per heavy atom. The van der Waals surface area contributed by atoms with Gasteiger partial charge in [0.15, 0.2) is 0 Å². The maximum atomic E-state index is 5.20. The number of rotatable bonds is 9. The minimum absolute atomic E-state index is 0.302. The van der Waals surface area contributed by atoms with Crippen molar-refractivity contribution in [3.8, 4) is 33.5 Å². The van der Waals surface area contributed by atoms with Crippen LogP contribution in [-0.2, 0) is 18.3 Å². The Morgan fingerprint density at radius 3 is 1.87 bits per heavy atom. The van der Waals surface area contributed by atoms with Crippen LogP contribution in [0.5, 0.6) is 0 Å². The highest BCUT2D eigenvalue weighted by atomic mass is 14.7. The molecule has 8 rings (SSSR count). The summed E-state index contributed by atoms with van der Waals surface area (Å²) in [6.45, 7) is 4.55. The van der Waals surface area contributed by atoms with E-state index in [2.05, 4.69) is 129 Å². The lowest BCUT2D eigenvalue weighted by atomic mass is 9.70. The molecule has 45 heavy (non-hydrogen) atoms. The highest BCUT2D eigenvalue weighted by Crippen LogP contribution is 2.63. The van der Waals surface area contributed by atoms with Crippen molar-refractivity contribution < 1.29 is 0 Å². The molecule has 222 valence electrons. The summed E-state index contributed by atoms with van der Waals surface area (Å²) in [5.74, 6) is 0. The van der Waals surface area contributed by atoms with Crippen molar-refractivity contribution >= 4 is 10.9 Å². The Kier molecular flexibility index (Phi) is 7.13. The van der Waals surface area contributed by atoms with Gasteiger partial charge in [-0.15, -0.1) is 0 Å². The number of aryl methyl sites for hydroxylation is 2. The molecule has 5 aromatic carbocycles. The van der Waals surface area contributed by atoms with Crippen molar-refractivity contribution in [2.24, 2.45) is 0 Å². The second kappa shape index (κ2) is 11.5. The van der Waals surface area contributed by atoms with E-state index in [0.717, 1.165) is 24.1 Å². The molecule has 0 N–H and O–H groups in total. The molecule has 1 spiro atoms. The number of nitrogens with zero attached hydrogens (tertiary/aromatic N) is 1. The molecule has 0 unspecified atom stereocenters. The number of pyridine rings is 1. The summed E-state index contributed by atoms with van der Waals surface area (Å²) in [5.41, 5.74) is 16.9. The molecular formula is C44H41N. The summed E-state index contributed by atoms with van der Waals surface area (Å²) >= 11 is 0. The van der Waals surface area contributed by atoms with Crippen molar-refractivity contribution in [3.05, 3.63) is 149 Å².